The largest absolute Gasteiger partial charge is 0.507 e. The van der Waals surface area contributed by atoms with Gasteiger partial charge in [-0.2, -0.15) is 0 Å². The molecule has 5 nitrogen and oxygen atoms in total. The molecule has 1 aromatic carbocycles. The highest BCUT2D eigenvalue weighted by atomic mass is 127. The second kappa shape index (κ2) is 5.77. The van der Waals surface area contributed by atoms with Crippen molar-refractivity contribution >= 4 is 34.5 Å². The Morgan fingerprint density at radius 3 is 3.00 bits per heavy atom. The molecule has 1 aliphatic rings. The third-order valence-electron chi connectivity index (χ3n) is 2.72. The SMILES string of the molecule is CCOC(=O)[C@@H]1N=C(c2cc(I)ccc2O)O[C@@H]1C. The number of rotatable bonds is 3. The normalized spacial score (nSPS) is 21.7. The highest BCUT2D eigenvalue weighted by Gasteiger charge is 2.35. The molecule has 0 aliphatic carbocycles. The van der Waals surface area contributed by atoms with Crippen LogP contribution in [0.3, 0.4) is 0 Å². The van der Waals surface area contributed by atoms with E-state index in [9.17, 15) is 9.90 Å². The van der Waals surface area contributed by atoms with Crippen LogP contribution >= 0.6 is 22.6 Å². The maximum atomic E-state index is 11.7. The molecule has 0 radical (unpaired) electrons. The molecule has 0 fully saturated rings. The first-order valence-corrected chi connectivity index (χ1v) is 7.00. The minimum atomic E-state index is -0.674. The molecule has 0 saturated heterocycles. The smallest absolute Gasteiger partial charge is 0.334 e. The van der Waals surface area contributed by atoms with Gasteiger partial charge in [0.05, 0.1) is 12.2 Å². The number of hydrogen-bond donors (Lipinski definition) is 1. The van der Waals surface area contributed by atoms with Crippen LogP contribution < -0.4 is 0 Å². The van der Waals surface area contributed by atoms with Gasteiger partial charge in [0.1, 0.15) is 11.9 Å². The van der Waals surface area contributed by atoms with E-state index >= 15 is 0 Å². The minimum absolute atomic E-state index is 0.0795. The van der Waals surface area contributed by atoms with E-state index in [4.69, 9.17) is 9.47 Å². The maximum Gasteiger partial charge on any atom is 0.334 e. The van der Waals surface area contributed by atoms with Gasteiger partial charge in [0.15, 0.2) is 6.04 Å². The fraction of sp³-hybridized carbons (Fsp3) is 0.385. The van der Waals surface area contributed by atoms with Gasteiger partial charge in [0.2, 0.25) is 5.90 Å². The number of esters is 1. The molecule has 6 heteroatoms. The van der Waals surface area contributed by atoms with E-state index in [1.165, 1.54) is 0 Å². The molecule has 0 unspecified atom stereocenters. The molecule has 1 aliphatic heterocycles. The van der Waals surface area contributed by atoms with Crippen LogP contribution in [-0.2, 0) is 14.3 Å². The molecule has 0 aromatic heterocycles. The van der Waals surface area contributed by atoms with Gasteiger partial charge >= 0.3 is 5.97 Å². The summed E-state index contributed by atoms with van der Waals surface area (Å²) in [5.74, 6) is -0.0486. The second-order valence-electron chi connectivity index (χ2n) is 4.12. The Kier molecular flexibility index (Phi) is 4.28. The number of halogens is 1. The molecule has 0 amide bonds. The zero-order chi connectivity index (χ0) is 14.0. The van der Waals surface area contributed by atoms with Crippen molar-refractivity contribution < 1.29 is 19.4 Å². The van der Waals surface area contributed by atoms with Gasteiger partial charge in [0, 0.05) is 3.57 Å². The fourth-order valence-electron chi connectivity index (χ4n) is 1.79. The molecule has 102 valence electrons. The highest BCUT2D eigenvalue weighted by molar-refractivity contribution is 14.1. The van der Waals surface area contributed by atoms with Crippen LogP contribution in [0.25, 0.3) is 0 Å². The summed E-state index contributed by atoms with van der Waals surface area (Å²) < 4.78 is 11.4. The van der Waals surface area contributed by atoms with E-state index in [-0.39, 0.29) is 11.6 Å². The summed E-state index contributed by atoms with van der Waals surface area (Å²) in [6.07, 6.45) is -0.397. The van der Waals surface area contributed by atoms with Crippen LogP contribution in [0.5, 0.6) is 5.75 Å². The topological polar surface area (TPSA) is 68.1 Å². The van der Waals surface area contributed by atoms with E-state index in [1.54, 1.807) is 32.0 Å². The predicted molar refractivity (Wildman–Crippen MR) is 78.3 cm³/mol. The van der Waals surface area contributed by atoms with Crippen molar-refractivity contribution in [2.24, 2.45) is 4.99 Å². The Bertz CT molecular complexity index is 529. The lowest BCUT2D eigenvalue weighted by Gasteiger charge is -2.11. The van der Waals surface area contributed by atoms with E-state index in [2.05, 4.69) is 27.6 Å². The van der Waals surface area contributed by atoms with Crippen molar-refractivity contribution in [3.8, 4) is 5.75 Å². The first-order chi connectivity index (χ1) is 9.02. The van der Waals surface area contributed by atoms with Crippen LogP contribution in [0.4, 0.5) is 0 Å². The summed E-state index contributed by atoms with van der Waals surface area (Å²) in [6, 6.07) is 4.44. The van der Waals surface area contributed by atoms with Gasteiger partial charge in [-0.05, 0) is 54.6 Å². The van der Waals surface area contributed by atoms with E-state index < -0.39 is 18.1 Å². The average Bonchev–Trinajstić information content (AvgIpc) is 2.74. The Morgan fingerprint density at radius 1 is 1.58 bits per heavy atom. The van der Waals surface area contributed by atoms with Crippen molar-refractivity contribution in [1.82, 2.24) is 0 Å². The van der Waals surface area contributed by atoms with Crippen LogP contribution in [-0.4, -0.2) is 35.7 Å². The van der Waals surface area contributed by atoms with Gasteiger partial charge < -0.3 is 14.6 Å². The number of aliphatic imine (C=N–C) groups is 1. The van der Waals surface area contributed by atoms with Gasteiger partial charge in [-0.25, -0.2) is 9.79 Å². The summed E-state index contributed by atoms with van der Waals surface area (Å²) in [5.41, 5.74) is 0.491. The zero-order valence-corrected chi connectivity index (χ0v) is 12.7. The highest BCUT2D eigenvalue weighted by Crippen LogP contribution is 2.26. The first-order valence-electron chi connectivity index (χ1n) is 5.93. The standard InChI is InChI=1S/C13H14INO4/c1-3-18-13(17)11-7(2)19-12(15-11)9-6-8(14)4-5-10(9)16/h4-7,11,16H,3H2,1-2H3/t7-,11-/m1/s1. The number of aromatic hydroxyl groups is 1. The Morgan fingerprint density at radius 2 is 2.32 bits per heavy atom. The molecular weight excluding hydrogens is 361 g/mol. The monoisotopic (exact) mass is 375 g/mol. The van der Waals surface area contributed by atoms with E-state index in [1.807, 2.05) is 0 Å². The second-order valence-corrected chi connectivity index (χ2v) is 5.36. The van der Waals surface area contributed by atoms with Gasteiger partial charge in [0.25, 0.3) is 0 Å². The lowest BCUT2D eigenvalue weighted by atomic mass is 10.2. The van der Waals surface area contributed by atoms with Crippen molar-refractivity contribution in [3.05, 3.63) is 27.3 Å². The number of benzene rings is 1. The van der Waals surface area contributed by atoms with Crippen LogP contribution in [0.15, 0.2) is 23.2 Å². The van der Waals surface area contributed by atoms with Crippen molar-refractivity contribution in [2.45, 2.75) is 26.0 Å². The number of phenols is 1. The average molecular weight is 375 g/mol. The number of nitrogens with zero attached hydrogens (tertiary/aromatic N) is 1. The summed E-state index contributed by atoms with van der Waals surface area (Å²) >= 11 is 2.13. The predicted octanol–water partition coefficient (Wildman–Crippen LogP) is 2.09. The molecule has 0 spiro atoms. The lowest BCUT2D eigenvalue weighted by Crippen LogP contribution is -2.29. The van der Waals surface area contributed by atoms with Crippen molar-refractivity contribution in [2.75, 3.05) is 6.61 Å². The molecule has 0 bridgehead atoms. The van der Waals surface area contributed by atoms with E-state index in [0.29, 0.717) is 12.2 Å². The van der Waals surface area contributed by atoms with Crippen LogP contribution in [0.2, 0.25) is 0 Å². The minimum Gasteiger partial charge on any atom is -0.507 e. The lowest BCUT2D eigenvalue weighted by molar-refractivity contribution is -0.145. The molecule has 0 saturated carbocycles. The number of carbonyl (C=O) groups is 1. The molecule has 2 rings (SSSR count). The quantitative estimate of drug-likeness (QED) is 0.649. The van der Waals surface area contributed by atoms with Crippen molar-refractivity contribution in [1.29, 1.82) is 0 Å². The molecule has 1 heterocycles. The number of phenolic OH excluding ortho intramolecular Hbond substituents is 1. The zero-order valence-electron chi connectivity index (χ0n) is 10.6. The summed E-state index contributed by atoms with van der Waals surface area (Å²) in [4.78, 5) is 15.9. The van der Waals surface area contributed by atoms with Crippen molar-refractivity contribution in [3.63, 3.8) is 0 Å². The molecule has 19 heavy (non-hydrogen) atoms. The van der Waals surface area contributed by atoms with Gasteiger partial charge in [-0.15, -0.1) is 0 Å². The number of hydrogen-bond acceptors (Lipinski definition) is 5. The third kappa shape index (κ3) is 2.99. The Labute approximate surface area is 124 Å². The molecule has 1 aromatic rings. The molecule has 1 N–H and O–H groups in total. The first kappa shape index (κ1) is 14.1. The summed E-state index contributed by atoms with van der Waals surface area (Å²) in [6.45, 7) is 3.80. The summed E-state index contributed by atoms with van der Waals surface area (Å²) in [7, 11) is 0. The molecule has 2 atom stereocenters. The van der Waals surface area contributed by atoms with Gasteiger partial charge in [-0.3, -0.25) is 0 Å². The maximum absolute atomic E-state index is 11.7. The number of ether oxygens (including phenoxy) is 2. The van der Waals surface area contributed by atoms with Gasteiger partial charge in [-0.1, -0.05) is 0 Å². The molecular formula is C13H14INO4. The van der Waals surface area contributed by atoms with E-state index in [0.717, 1.165) is 3.57 Å². The Balaban J connectivity index is 2.29. The van der Waals surface area contributed by atoms with Crippen LogP contribution in [0.1, 0.15) is 19.4 Å². The van der Waals surface area contributed by atoms with Crippen LogP contribution in [0, 0.1) is 3.57 Å². The fourth-order valence-corrected chi connectivity index (χ4v) is 2.28. The third-order valence-corrected chi connectivity index (χ3v) is 3.39. The summed E-state index contributed by atoms with van der Waals surface area (Å²) in [5, 5.41) is 9.83. The number of carbonyl (C=O) groups excluding carboxylic acids is 1. The Hall–Kier alpha value is -1.31.